The van der Waals surface area contributed by atoms with E-state index >= 15 is 0 Å². The van der Waals surface area contributed by atoms with Crippen molar-refractivity contribution >= 4 is 34.8 Å². The molecule has 0 saturated heterocycles. The summed E-state index contributed by atoms with van der Waals surface area (Å²) in [6.45, 7) is 6.80. The fourth-order valence-electron chi connectivity index (χ4n) is 4.22. The first-order chi connectivity index (χ1) is 11.3. The summed E-state index contributed by atoms with van der Waals surface area (Å²) >= 11 is 7.72. The molecule has 1 aromatic carbocycles. The molecule has 4 rings (SSSR count). The molecule has 24 heavy (non-hydrogen) atoms. The second-order valence-electron chi connectivity index (χ2n) is 7.39. The van der Waals surface area contributed by atoms with Crippen molar-refractivity contribution in [3.63, 3.8) is 0 Å². The van der Waals surface area contributed by atoms with E-state index in [-0.39, 0.29) is 11.5 Å². The first-order valence-electron chi connectivity index (χ1n) is 8.13. The van der Waals surface area contributed by atoms with Gasteiger partial charge in [-0.2, -0.15) is 0 Å². The van der Waals surface area contributed by atoms with Gasteiger partial charge in [0.15, 0.2) is 5.78 Å². The van der Waals surface area contributed by atoms with E-state index in [0.717, 1.165) is 16.9 Å². The maximum absolute atomic E-state index is 12.7. The number of aryl methyl sites for hydroxylation is 1. The number of hydrogen-bond donors (Lipinski definition) is 1. The molecule has 1 N–H and O–H groups in total. The lowest BCUT2D eigenvalue weighted by molar-refractivity contribution is 0.105. The highest BCUT2D eigenvalue weighted by Gasteiger charge is 2.63. The van der Waals surface area contributed by atoms with Crippen molar-refractivity contribution in [1.82, 2.24) is 0 Å². The van der Waals surface area contributed by atoms with E-state index in [0.29, 0.717) is 22.3 Å². The van der Waals surface area contributed by atoms with Crippen LogP contribution in [0.4, 0.5) is 0 Å². The van der Waals surface area contributed by atoms with Crippen LogP contribution < -0.4 is 0 Å². The fraction of sp³-hybridized carbons (Fsp3) is 0.350. The largest absolute Gasteiger partial charge is 0.508 e. The number of carbonyl (C=O) groups excluding carboxylic acids is 1. The van der Waals surface area contributed by atoms with E-state index in [1.54, 1.807) is 35.6 Å². The van der Waals surface area contributed by atoms with E-state index < -0.39 is 0 Å². The van der Waals surface area contributed by atoms with Gasteiger partial charge in [-0.05, 0) is 77.6 Å². The molecule has 1 saturated carbocycles. The fourth-order valence-corrected chi connectivity index (χ4v) is 5.61. The van der Waals surface area contributed by atoms with E-state index in [9.17, 15) is 9.90 Å². The summed E-state index contributed by atoms with van der Waals surface area (Å²) in [4.78, 5) is 14.9. The average Bonchev–Trinajstić information content (AvgIpc) is 2.86. The second kappa shape index (κ2) is 5.21. The van der Waals surface area contributed by atoms with Crippen LogP contribution in [0.3, 0.4) is 0 Å². The Hall–Kier alpha value is -1.58. The Balaban J connectivity index is 1.62. The normalized spacial score (nSPS) is 23.3. The summed E-state index contributed by atoms with van der Waals surface area (Å²) in [6, 6.07) is 4.76. The van der Waals surface area contributed by atoms with Crippen LogP contribution in [0.1, 0.15) is 51.0 Å². The third-order valence-electron chi connectivity index (χ3n) is 5.64. The first-order valence-corrected chi connectivity index (χ1v) is 9.33. The van der Waals surface area contributed by atoms with E-state index in [4.69, 9.17) is 11.6 Å². The molecule has 0 amide bonds. The Morgan fingerprint density at radius 2 is 2.17 bits per heavy atom. The number of allylic oxidation sites excluding steroid dienone is 1. The molecular formula is C20H19ClO2S. The lowest BCUT2D eigenvalue weighted by Crippen LogP contribution is -2.02. The van der Waals surface area contributed by atoms with Crippen LogP contribution in [0.15, 0.2) is 24.3 Å². The minimum Gasteiger partial charge on any atom is -0.508 e. The summed E-state index contributed by atoms with van der Waals surface area (Å²) in [6.07, 6.45) is 4.36. The molecule has 1 aromatic heterocycles. The SMILES string of the molecule is Cc1sc(C(=O)C=Cc2ccc(O)cc2Cl)c2c1[C@H]1[C@@H](C2)C1(C)C. The zero-order chi connectivity index (χ0) is 17.2. The lowest BCUT2D eigenvalue weighted by Gasteiger charge is -2.09. The molecular weight excluding hydrogens is 340 g/mol. The summed E-state index contributed by atoms with van der Waals surface area (Å²) in [5.74, 6) is 1.52. The highest BCUT2D eigenvalue weighted by atomic mass is 35.5. The van der Waals surface area contributed by atoms with E-state index in [1.165, 1.54) is 22.1 Å². The van der Waals surface area contributed by atoms with Gasteiger partial charge in [0.25, 0.3) is 0 Å². The molecule has 1 fully saturated rings. The highest BCUT2D eigenvalue weighted by Crippen LogP contribution is 2.71. The number of hydrogen-bond acceptors (Lipinski definition) is 3. The van der Waals surface area contributed by atoms with Crippen molar-refractivity contribution in [1.29, 1.82) is 0 Å². The minimum atomic E-state index is 0.0487. The number of aromatic hydroxyl groups is 1. The summed E-state index contributed by atoms with van der Waals surface area (Å²) in [7, 11) is 0. The molecule has 2 atom stereocenters. The summed E-state index contributed by atoms with van der Waals surface area (Å²) in [5.41, 5.74) is 3.85. The molecule has 1 heterocycles. The van der Waals surface area contributed by atoms with Gasteiger partial charge in [0.1, 0.15) is 5.75 Å². The van der Waals surface area contributed by atoms with Gasteiger partial charge in [0.2, 0.25) is 0 Å². The van der Waals surface area contributed by atoms with Crippen molar-refractivity contribution in [2.75, 3.05) is 0 Å². The van der Waals surface area contributed by atoms with Gasteiger partial charge in [-0.25, -0.2) is 0 Å². The Labute approximate surface area is 150 Å². The molecule has 2 aliphatic rings. The van der Waals surface area contributed by atoms with Crippen LogP contribution >= 0.6 is 22.9 Å². The molecule has 0 radical (unpaired) electrons. The van der Waals surface area contributed by atoms with Gasteiger partial charge in [0.05, 0.1) is 9.90 Å². The van der Waals surface area contributed by atoms with Crippen LogP contribution in [0.2, 0.25) is 5.02 Å². The smallest absolute Gasteiger partial charge is 0.196 e. The van der Waals surface area contributed by atoms with E-state index in [1.807, 2.05) is 0 Å². The summed E-state index contributed by atoms with van der Waals surface area (Å²) < 4.78 is 0. The number of thiophene rings is 1. The molecule has 2 aliphatic carbocycles. The maximum Gasteiger partial charge on any atom is 0.196 e. The lowest BCUT2D eigenvalue weighted by atomic mass is 9.94. The average molecular weight is 359 g/mol. The van der Waals surface area contributed by atoms with Crippen molar-refractivity contribution in [3.05, 3.63) is 55.7 Å². The topological polar surface area (TPSA) is 37.3 Å². The van der Waals surface area contributed by atoms with Gasteiger partial charge in [-0.1, -0.05) is 25.4 Å². The Kier molecular flexibility index (Phi) is 3.45. The Morgan fingerprint density at radius 1 is 1.42 bits per heavy atom. The molecule has 0 spiro atoms. The van der Waals surface area contributed by atoms with Gasteiger partial charge in [-0.3, -0.25) is 4.79 Å². The maximum atomic E-state index is 12.7. The Bertz CT molecular complexity index is 891. The van der Waals surface area contributed by atoms with Gasteiger partial charge in [0, 0.05) is 4.88 Å². The van der Waals surface area contributed by atoms with Crippen LogP contribution in [0.5, 0.6) is 5.75 Å². The zero-order valence-electron chi connectivity index (χ0n) is 13.9. The van der Waals surface area contributed by atoms with Crippen LogP contribution in [0.25, 0.3) is 6.08 Å². The number of phenolic OH excluding ortho intramolecular Hbond substituents is 1. The number of fused-ring (bicyclic) bond motifs is 3. The molecule has 0 aliphatic heterocycles. The summed E-state index contributed by atoms with van der Waals surface area (Å²) in [5, 5.41) is 9.84. The number of benzene rings is 1. The number of carbonyl (C=O) groups is 1. The predicted octanol–water partition coefficient (Wildman–Crippen LogP) is 5.61. The zero-order valence-corrected chi connectivity index (χ0v) is 15.5. The molecule has 4 heteroatoms. The molecule has 2 aromatic rings. The standard InChI is InChI=1S/C20H19ClO2S/c1-10-17-13(9-14-18(17)20(14,2)3)19(24-10)16(23)7-5-11-4-6-12(22)8-15(11)21/h4-8,14,18,22H,9H2,1-3H3/t14-,18-/m1/s1. The van der Waals surface area contributed by atoms with Gasteiger partial charge < -0.3 is 5.11 Å². The molecule has 0 bridgehead atoms. The van der Waals surface area contributed by atoms with Crippen molar-refractivity contribution in [2.24, 2.45) is 11.3 Å². The molecule has 0 unspecified atom stereocenters. The Morgan fingerprint density at radius 3 is 2.88 bits per heavy atom. The number of halogens is 1. The van der Waals surface area contributed by atoms with Gasteiger partial charge >= 0.3 is 0 Å². The van der Waals surface area contributed by atoms with Crippen molar-refractivity contribution in [3.8, 4) is 5.75 Å². The molecule has 124 valence electrons. The highest BCUT2D eigenvalue weighted by molar-refractivity contribution is 7.14. The first kappa shape index (κ1) is 15.9. The minimum absolute atomic E-state index is 0.0487. The third kappa shape index (κ3) is 2.26. The second-order valence-corrected chi connectivity index (χ2v) is 9.02. The quantitative estimate of drug-likeness (QED) is 0.572. The molecule has 2 nitrogen and oxygen atoms in total. The number of rotatable bonds is 3. The van der Waals surface area contributed by atoms with E-state index in [2.05, 4.69) is 20.8 Å². The van der Waals surface area contributed by atoms with Crippen LogP contribution in [0, 0.1) is 18.3 Å². The predicted molar refractivity (Wildman–Crippen MR) is 99.3 cm³/mol. The van der Waals surface area contributed by atoms with Crippen molar-refractivity contribution < 1.29 is 9.90 Å². The number of phenols is 1. The van der Waals surface area contributed by atoms with Crippen LogP contribution in [-0.2, 0) is 6.42 Å². The monoisotopic (exact) mass is 358 g/mol. The third-order valence-corrected chi connectivity index (χ3v) is 7.15. The van der Waals surface area contributed by atoms with Gasteiger partial charge in [-0.15, -0.1) is 11.3 Å². The van der Waals surface area contributed by atoms with Crippen LogP contribution in [-0.4, -0.2) is 10.9 Å². The van der Waals surface area contributed by atoms with Crippen molar-refractivity contribution in [2.45, 2.75) is 33.1 Å². The number of ketones is 1.